The minimum atomic E-state index is 0.0462. The van der Waals surface area contributed by atoms with E-state index in [1.165, 1.54) is 11.1 Å². The van der Waals surface area contributed by atoms with Crippen LogP contribution in [0.25, 0.3) is 11.1 Å². The zero-order chi connectivity index (χ0) is 14.1. The van der Waals surface area contributed by atoms with Gasteiger partial charge in [0.25, 0.3) is 0 Å². The number of hydrogen-bond acceptors (Lipinski definition) is 3. The second-order valence-corrected chi connectivity index (χ2v) is 5.70. The normalized spacial score (nSPS) is 12.6. The maximum Gasteiger partial charge on any atom is 0.207 e. The Morgan fingerprint density at radius 1 is 0.857 bits per heavy atom. The first kappa shape index (κ1) is 12.4. The second kappa shape index (κ2) is 5.19. The molecular formula is C18H13NOS. The Kier molecular flexibility index (Phi) is 3.05. The van der Waals surface area contributed by atoms with E-state index in [1.54, 1.807) is 11.3 Å². The second-order valence-electron chi connectivity index (χ2n) is 4.92. The van der Waals surface area contributed by atoms with Gasteiger partial charge in [0.15, 0.2) is 5.58 Å². The molecule has 0 saturated carbocycles. The molecule has 2 nitrogen and oxygen atoms in total. The van der Waals surface area contributed by atoms with Crippen molar-refractivity contribution in [2.45, 2.75) is 5.92 Å². The Morgan fingerprint density at radius 3 is 2.43 bits per heavy atom. The van der Waals surface area contributed by atoms with Crippen molar-refractivity contribution in [1.29, 1.82) is 0 Å². The van der Waals surface area contributed by atoms with Crippen LogP contribution in [0.5, 0.6) is 0 Å². The number of rotatable bonds is 3. The van der Waals surface area contributed by atoms with Gasteiger partial charge in [-0.1, -0.05) is 42.5 Å². The highest BCUT2D eigenvalue weighted by Gasteiger charge is 2.22. The topological polar surface area (TPSA) is 26.0 Å². The quantitative estimate of drug-likeness (QED) is 0.526. The predicted octanol–water partition coefficient (Wildman–Crippen LogP) is 5.07. The molecular weight excluding hydrogens is 278 g/mol. The van der Waals surface area contributed by atoms with Crippen LogP contribution in [0.2, 0.25) is 0 Å². The fraction of sp³-hybridized carbons (Fsp3) is 0.0556. The highest BCUT2D eigenvalue weighted by atomic mass is 32.1. The van der Waals surface area contributed by atoms with E-state index in [-0.39, 0.29) is 5.92 Å². The number of benzene rings is 2. The molecule has 0 amide bonds. The molecule has 1 atom stereocenters. The summed E-state index contributed by atoms with van der Waals surface area (Å²) in [4.78, 5) is 4.68. The molecule has 0 fully saturated rings. The van der Waals surface area contributed by atoms with Crippen LogP contribution in [0.3, 0.4) is 0 Å². The van der Waals surface area contributed by atoms with E-state index < -0.39 is 0 Å². The summed E-state index contributed by atoms with van der Waals surface area (Å²) in [5, 5.41) is 4.25. The number of hydrogen-bond donors (Lipinski definition) is 0. The summed E-state index contributed by atoms with van der Waals surface area (Å²) < 4.78 is 6.00. The van der Waals surface area contributed by atoms with Crippen molar-refractivity contribution in [3.8, 4) is 0 Å². The van der Waals surface area contributed by atoms with Gasteiger partial charge in [-0.15, -0.1) is 0 Å². The molecule has 2 aromatic heterocycles. The van der Waals surface area contributed by atoms with Gasteiger partial charge in [-0.25, -0.2) is 4.98 Å². The zero-order valence-electron chi connectivity index (χ0n) is 11.3. The smallest absolute Gasteiger partial charge is 0.207 e. The van der Waals surface area contributed by atoms with E-state index in [1.807, 2.05) is 30.3 Å². The van der Waals surface area contributed by atoms with Crippen molar-refractivity contribution in [3.63, 3.8) is 0 Å². The molecule has 0 aliphatic heterocycles. The van der Waals surface area contributed by atoms with Gasteiger partial charge in [0, 0.05) is 0 Å². The fourth-order valence-corrected chi connectivity index (χ4v) is 3.26. The van der Waals surface area contributed by atoms with Crippen LogP contribution in [0.1, 0.15) is 22.9 Å². The molecule has 4 rings (SSSR count). The van der Waals surface area contributed by atoms with Crippen LogP contribution in [0, 0.1) is 0 Å². The van der Waals surface area contributed by atoms with Crippen LogP contribution >= 0.6 is 11.3 Å². The summed E-state index contributed by atoms with van der Waals surface area (Å²) in [7, 11) is 0. The summed E-state index contributed by atoms with van der Waals surface area (Å²) in [6.07, 6.45) is 0. The van der Waals surface area contributed by atoms with Crippen molar-refractivity contribution in [2.24, 2.45) is 0 Å². The van der Waals surface area contributed by atoms with Crippen LogP contribution in [-0.2, 0) is 0 Å². The highest BCUT2D eigenvalue weighted by Crippen LogP contribution is 2.34. The number of nitrogens with zero attached hydrogens (tertiary/aromatic N) is 1. The molecule has 0 saturated heterocycles. The maximum absolute atomic E-state index is 6.00. The molecule has 0 aliphatic carbocycles. The van der Waals surface area contributed by atoms with Gasteiger partial charge in [0.05, 0.1) is 5.92 Å². The van der Waals surface area contributed by atoms with E-state index >= 15 is 0 Å². The van der Waals surface area contributed by atoms with Gasteiger partial charge in [0.1, 0.15) is 5.52 Å². The SMILES string of the molecule is c1ccc(C(c2ccsc2)c2nc3ccccc3o2)cc1. The molecule has 0 radical (unpaired) electrons. The Hall–Kier alpha value is -2.39. The van der Waals surface area contributed by atoms with Crippen LogP contribution in [-0.4, -0.2) is 4.98 Å². The fourth-order valence-electron chi connectivity index (χ4n) is 2.58. The Balaban J connectivity index is 1.90. The summed E-state index contributed by atoms with van der Waals surface area (Å²) in [5.74, 6) is 0.797. The van der Waals surface area contributed by atoms with Crippen LogP contribution in [0.4, 0.5) is 0 Å². The number of oxazole rings is 1. The predicted molar refractivity (Wildman–Crippen MR) is 85.7 cm³/mol. The third kappa shape index (κ3) is 2.26. The molecule has 102 valence electrons. The lowest BCUT2D eigenvalue weighted by atomic mass is 9.93. The lowest BCUT2D eigenvalue weighted by Crippen LogP contribution is -2.02. The number of thiophene rings is 1. The van der Waals surface area contributed by atoms with Crippen LogP contribution in [0.15, 0.2) is 75.8 Å². The standard InChI is InChI=1S/C18H13NOS/c1-2-6-13(7-3-1)17(14-10-11-21-12-14)18-19-15-8-4-5-9-16(15)20-18/h1-12,17H. The van der Waals surface area contributed by atoms with E-state index in [4.69, 9.17) is 4.42 Å². The minimum absolute atomic E-state index is 0.0462. The third-order valence-corrected chi connectivity index (χ3v) is 4.27. The van der Waals surface area contributed by atoms with Gasteiger partial charge in [-0.3, -0.25) is 0 Å². The molecule has 3 heteroatoms. The molecule has 0 bridgehead atoms. The van der Waals surface area contributed by atoms with E-state index in [2.05, 4.69) is 46.1 Å². The Morgan fingerprint density at radius 2 is 1.67 bits per heavy atom. The summed E-state index contributed by atoms with van der Waals surface area (Å²) >= 11 is 1.69. The van der Waals surface area contributed by atoms with Crippen molar-refractivity contribution >= 4 is 22.4 Å². The van der Waals surface area contributed by atoms with Gasteiger partial charge in [-0.2, -0.15) is 11.3 Å². The monoisotopic (exact) mass is 291 g/mol. The molecule has 2 aromatic carbocycles. The first-order chi connectivity index (χ1) is 10.4. The van der Waals surface area contributed by atoms with Gasteiger partial charge >= 0.3 is 0 Å². The lowest BCUT2D eigenvalue weighted by Gasteiger charge is -2.12. The van der Waals surface area contributed by atoms with Gasteiger partial charge in [0.2, 0.25) is 5.89 Å². The first-order valence-electron chi connectivity index (χ1n) is 6.84. The molecule has 0 aliphatic rings. The molecule has 21 heavy (non-hydrogen) atoms. The van der Waals surface area contributed by atoms with E-state index in [0.717, 1.165) is 17.0 Å². The average molecular weight is 291 g/mol. The molecule has 0 spiro atoms. The summed E-state index contributed by atoms with van der Waals surface area (Å²) in [5.41, 5.74) is 4.16. The Bertz CT molecular complexity index is 816. The van der Waals surface area contributed by atoms with Gasteiger partial charge in [-0.05, 0) is 40.1 Å². The average Bonchev–Trinajstić information content (AvgIpc) is 3.18. The molecule has 0 N–H and O–H groups in total. The molecule has 2 heterocycles. The molecule has 4 aromatic rings. The van der Waals surface area contributed by atoms with E-state index in [9.17, 15) is 0 Å². The maximum atomic E-state index is 6.00. The van der Waals surface area contributed by atoms with Crippen molar-refractivity contribution in [2.75, 3.05) is 0 Å². The summed E-state index contributed by atoms with van der Waals surface area (Å²) in [6, 6.07) is 20.4. The zero-order valence-corrected chi connectivity index (χ0v) is 12.1. The number of fused-ring (bicyclic) bond motifs is 1. The minimum Gasteiger partial charge on any atom is -0.440 e. The molecule has 1 unspecified atom stereocenters. The van der Waals surface area contributed by atoms with Crippen molar-refractivity contribution < 1.29 is 4.42 Å². The summed E-state index contributed by atoms with van der Waals surface area (Å²) in [6.45, 7) is 0. The van der Waals surface area contributed by atoms with Crippen LogP contribution < -0.4 is 0 Å². The largest absolute Gasteiger partial charge is 0.440 e. The number of para-hydroxylation sites is 2. The van der Waals surface area contributed by atoms with Gasteiger partial charge < -0.3 is 4.42 Å². The highest BCUT2D eigenvalue weighted by molar-refractivity contribution is 7.08. The Labute approximate surface area is 126 Å². The van der Waals surface area contributed by atoms with E-state index in [0.29, 0.717) is 0 Å². The van der Waals surface area contributed by atoms with Crippen molar-refractivity contribution in [1.82, 2.24) is 4.98 Å². The third-order valence-electron chi connectivity index (χ3n) is 3.57. The first-order valence-corrected chi connectivity index (χ1v) is 7.78. The van der Waals surface area contributed by atoms with Crippen molar-refractivity contribution in [3.05, 3.63) is 88.4 Å². The number of aromatic nitrogens is 1. The lowest BCUT2D eigenvalue weighted by molar-refractivity contribution is 0.522.